The number of benzene rings is 1. The molecule has 0 bridgehead atoms. The molecular formula is C14H19BrN2OS. The van der Waals surface area contributed by atoms with E-state index in [1.807, 2.05) is 27.7 Å². The molecule has 0 spiro atoms. The number of hydrazone groups is 1. The van der Waals surface area contributed by atoms with Crippen molar-refractivity contribution in [1.82, 2.24) is 5.43 Å². The molecule has 0 saturated carbocycles. The fourth-order valence-electron chi connectivity index (χ4n) is 1.32. The van der Waals surface area contributed by atoms with E-state index in [1.54, 1.807) is 0 Å². The summed E-state index contributed by atoms with van der Waals surface area (Å²) in [6.45, 7) is 8.00. The molecule has 1 aromatic rings. The van der Waals surface area contributed by atoms with Gasteiger partial charge in [-0.25, -0.2) is 5.43 Å². The van der Waals surface area contributed by atoms with E-state index in [-0.39, 0.29) is 5.91 Å². The van der Waals surface area contributed by atoms with Gasteiger partial charge in [-0.15, -0.1) is 11.8 Å². The van der Waals surface area contributed by atoms with Crippen LogP contribution in [0.25, 0.3) is 0 Å². The van der Waals surface area contributed by atoms with Gasteiger partial charge >= 0.3 is 0 Å². The fraction of sp³-hybridized carbons (Fsp3) is 0.429. The molecule has 0 aliphatic rings. The highest BCUT2D eigenvalue weighted by Crippen LogP contribution is 2.28. The summed E-state index contributed by atoms with van der Waals surface area (Å²) in [4.78, 5) is 12.8. The lowest BCUT2D eigenvalue weighted by Gasteiger charge is -2.08. The van der Waals surface area contributed by atoms with Gasteiger partial charge in [0, 0.05) is 15.1 Å². The summed E-state index contributed by atoms with van der Waals surface area (Å²) >= 11 is 5.04. The average Bonchev–Trinajstić information content (AvgIpc) is 2.38. The monoisotopic (exact) mass is 342 g/mol. The van der Waals surface area contributed by atoms with Gasteiger partial charge in [0.05, 0.1) is 5.75 Å². The molecule has 0 aliphatic carbocycles. The van der Waals surface area contributed by atoms with Crippen LogP contribution in [0.2, 0.25) is 0 Å². The Morgan fingerprint density at radius 3 is 2.68 bits per heavy atom. The highest BCUT2D eigenvalue weighted by Gasteiger charge is 2.06. The summed E-state index contributed by atoms with van der Waals surface area (Å²) in [5.74, 6) is 0.306. The van der Waals surface area contributed by atoms with Crippen molar-refractivity contribution in [2.75, 3.05) is 5.75 Å². The molecule has 104 valence electrons. The number of thioether (sulfide) groups is 1. The van der Waals surface area contributed by atoms with E-state index in [0.717, 1.165) is 21.5 Å². The maximum absolute atomic E-state index is 11.7. The lowest BCUT2D eigenvalue weighted by Crippen LogP contribution is -2.20. The minimum atomic E-state index is -0.0715. The van der Waals surface area contributed by atoms with Gasteiger partial charge in [-0.1, -0.05) is 22.9 Å². The van der Waals surface area contributed by atoms with Gasteiger partial charge in [-0.05, 0) is 50.5 Å². The molecule has 3 nitrogen and oxygen atoms in total. The van der Waals surface area contributed by atoms with Crippen LogP contribution in [0.3, 0.4) is 0 Å². The van der Waals surface area contributed by atoms with E-state index < -0.39 is 0 Å². The molecule has 0 unspecified atom stereocenters. The molecule has 0 saturated heterocycles. The van der Waals surface area contributed by atoms with Gasteiger partial charge in [-0.3, -0.25) is 4.79 Å². The van der Waals surface area contributed by atoms with Crippen molar-refractivity contribution in [1.29, 1.82) is 0 Å². The Morgan fingerprint density at radius 2 is 2.05 bits per heavy atom. The van der Waals surface area contributed by atoms with Crippen molar-refractivity contribution < 1.29 is 4.79 Å². The zero-order chi connectivity index (χ0) is 14.4. The van der Waals surface area contributed by atoms with Crippen LogP contribution in [0.5, 0.6) is 0 Å². The Labute approximate surface area is 127 Å². The van der Waals surface area contributed by atoms with Crippen LogP contribution >= 0.6 is 27.7 Å². The Morgan fingerprint density at radius 1 is 1.37 bits per heavy atom. The molecule has 1 rings (SSSR count). The molecule has 1 amide bonds. The van der Waals surface area contributed by atoms with E-state index in [0.29, 0.717) is 5.75 Å². The lowest BCUT2D eigenvalue weighted by atomic mass is 10.2. The van der Waals surface area contributed by atoms with Gasteiger partial charge < -0.3 is 0 Å². The second kappa shape index (κ2) is 7.70. The lowest BCUT2D eigenvalue weighted by molar-refractivity contribution is -0.118. The summed E-state index contributed by atoms with van der Waals surface area (Å²) in [6, 6.07) is 4.17. The molecule has 1 aromatic carbocycles. The van der Waals surface area contributed by atoms with E-state index in [9.17, 15) is 4.79 Å². The molecule has 0 radical (unpaired) electrons. The molecular weight excluding hydrogens is 324 g/mol. The third-order valence-electron chi connectivity index (χ3n) is 2.70. The number of nitrogens with one attached hydrogen (secondary N) is 1. The van der Waals surface area contributed by atoms with E-state index >= 15 is 0 Å². The smallest absolute Gasteiger partial charge is 0.250 e. The maximum atomic E-state index is 11.7. The fourth-order valence-corrected chi connectivity index (χ4v) is 2.68. The number of hydrogen-bond acceptors (Lipinski definition) is 3. The molecule has 0 heterocycles. The minimum Gasteiger partial charge on any atom is -0.272 e. The Bertz CT molecular complexity index is 500. The zero-order valence-electron chi connectivity index (χ0n) is 11.7. The standard InChI is InChI=1S/C14H19BrN2OS/c1-5-11(4)16-17-14(18)8-19-13-7-9(2)12(15)6-10(13)3/h6-7H,5,8H2,1-4H3,(H,17,18)/b16-11-. The summed E-state index contributed by atoms with van der Waals surface area (Å²) in [7, 11) is 0. The second-order valence-electron chi connectivity index (χ2n) is 4.39. The number of rotatable bonds is 5. The third kappa shape index (κ3) is 5.37. The van der Waals surface area contributed by atoms with E-state index in [4.69, 9.17) is 0 Å². The SMILES string of the molecule is CC/C(C)=N\NC(=O)CSc1cc(C)c(Br)cc1C. The van der Waals surface area contributed by atoms with E-state index in [1.165, 1.54) is 22.9 Å². The average molecular weight is 343 g/mol. The Hall–Kier alpha value is -0.810. The van der Waals surface area contributed by atoms with Crippen LogP contribution in [-0.2, 0) is 4.79 Å². The molecule has 0 aliphatic heterocycles. The van der Waals surface area contributed by atoms with Crippen molar-refractivity contribution >= 4 is 39.3 Å². The molecule has 5 heteroatoms. The van der Waals surface area contributed by atoms with Gasteiger partial charge in [0.1, 0.15) is 0 Å². The normalized spacial score (nSPS) is 11.5. The minimum absolute atomic E-state index is 0.0715. The first kappa shape index (κ1) is 16.2. The highest BCUT2D eigenvalue weighted by molar-refractivity contribution is 9.10. The zero-order valence-corrected chi connectivity index (χ0v) is 14.1. The van der Waals surface area contributed by atoms with E-state index in [2.05, 4.69) is 38.6 Å². The maximum Gasteiger partial charge on any atom is 0.250 e. The van der Waals surface area contributed by atoms with Crippen molar-refractivity contribution in [3.05, 3.63) is 27.7 Å². The molecule has 0 atom stereocenters. The second-order valence-corrected chi connectivity index (χ2v) is 6.26. The predicted octanol–water partition coefficient (Wildman–Crippen LogP) is 4.06. The number of amides is 1. The Kier molecular flexibility index (Phi) is 6.58. The first-order valence-electron chi connectivity index (χ1n) is 6.15. The largest absolute Gasteiger partial charge is 0.272 e. The highest BCUT2D eigenvalue weighted by atomic mass is 79.9. The number of carbonyl (C=O) groups excluding carboxylic acids is 1. The molecule has 19 heavy (non-hydrogen) atoms. The topological polar surface area (TPSA) is 41.5 Å². The third-order valence-corrected chi connectivity index (χ3v) is 4.71. The van der Waals surface area contributed by atoms with Crippen LogP contribution in [0, 0.1) is 13.8 Å². The van der Waals surface area contributed by atoms with Crippen molar-refractivity contribution in [2.24, 2.45) is 5.10 Å². The van der Waals surface area contributed by atoms with Crippen LogP contribution in [0.15, 0.2) is 26.6 Å². The number of carbonyl (C=O) groups is 1. The predicted molar refractivity (Wildman–Crippen MR) is 85.9 cm³/mol. The van der Waals surface area contributed by atoms with Crippen molar-refractivity contribution in [3.8, 4) is 0 Å². The van der Waals surface area contributed by atoms with Crippen molar-refractivity contribution in [3.63, 3.8) is 0 Å². The summed E-state index contributed by atoms with van der Waals surface area (Å²) in [6.07, 6.45) is 0.846. The number of halogens is 1. The quantitative estimate of drug-likeness (QED) is 0.498. The van der Waals surface area contributed by atoms with Crippen molar-refractivity contribution in [2.45, 2.75) is 39.0 Å². The van der Waals surface area contributed by atoms with Gasteiger partial charge in [0.15, 0.2) is 0 Å². The van der Waals surface area contributed by atoms with Gasteiger partial charge in [-0.2, -0.15) is 5.10 Å². The molecule has 0 aromatic heterocycles. The summed E-state index contributed by atoms with van der Waals surface area (Å²) in [5, 5.41) is 4.01. The first-order chi connectivity index (χ1) is 8.93. The van der Waals surface area contributed by atoms with Crippen LogP contribution in [0.1, 0.15) is 31.4 Å². The van der Waals surface area contributed by atoms with Gasteiger partial charge in [0.2, 0.25) is 5.91 Å². The molecule has 1 N–H and O–H groups in total. The number of nitrogens with zero attached hydrogens (tertiary/aromatic N) is 1. The Balaban J connectivity index is 2.58. The number of hydrogen-bond donors (Lipinski definition) is 1. The first-order valence-corrected chi connectivity index (χ1v) is 7.93. The van der Waals surface area contributed by atoms with Gasteiger partial charge in [0.25, 0.3) is 0 Å². The number of aryl methyl sites for hydroxylation is 2. The van der Waals surface area contributed by atoms with Crippen LogP contribution in [-0.4, -0.2) is 17.4 Å². The molecule has 0 fully saturated rings. The summed E-state index contributed by atoms with van der Waals surface area (Å²) in [5.41, 5.74) is 5.84. The van der Waals surface area contributed by atoms with Crippen LogP contribution < -0.4 is 5.43 Å². The summed E-state index contributed by atoms with van der Waals surface area (Å²) < 4.78 is 1.10. The van der Waals surface area contributed by atoms with Crippen LogP contribution in [0.4, 0.5) is 0 Å².